The van der Waals surface area contributed by atoms with Gasteiger partial charge in [0.05, 0.1) is 40.5 Å². The Bertz CT molecular complexity index is 3010. The summed E-state index contributed by atoms with van der Waals surface area (Å²) in [5.41, 5.74) is 4.23. The third-order valence-corrected chi connectivity index (χ3v) is 11.3. The number of anilines is 3. The van der Waals surface area contributed by atoms with Crippen molar-refractivity contribution in [3.8, 4) is 33.9 Å². The topological polar surface area (TPSA) is 204 Å². The Morgan fingerprint density at radius 2 is 1.34 bits per heavy atom. The highest BCUT2D eigenvalue weighted by Crippen LogP contribution is 2.43. The molecule has 5 aromatic carbocycles. The number of hydrogen-bond acceptors (Lipinski definition) is 8. The molecule has 2 atom stereocenters. The van der Waals surface area contributed by atoms with Crippen molar-refractivity contribution < 1.29 is 56.8 Å². The van der Waals surface area contributed by atoms with E-state index in [1.54, 1.807) is 42.5 Å². The Kier molecular flexibility index (Phi) is 18.5. The fraction of sp³-hybridized carbons (Fsp3) is 0.204. The van der Waals surface area contributed by atoms with E-state index in [4.69, 9.17) is 21.4 Å². The fourth-order valence-corrected chi connectivity index (χ4v) is 8.01. The number of nitrogens with zero attached hydrogens (tertiary/aromatic N) is 2. The number of aliphatic carboxylic acids is 1. The molecule has 0 unspecified atom stereocenters. The van der Waals surface area contributed by atoms with Crippen LogP contribution in [0.4, 0.5) is 39.4 Å². The molecule has 0 aliphatic heterocycles. The summed E-state index contributed by atoms with van der Waals surface area (Å²) >= 11 is 5.57. The standard InChI is InChI=1S/C33H35FN2O5.C21H16ClF3N4O3/c1-21(2)31-30(33(41)35-25-11-7-4-8-12-25)29(22-9-5-3-6-10-22)32(23-13-15-24(34)16-14-23)36(31)18-17-26(37)19-27(38)20-28(39)40;1-26-19(30)18-11-15(8-9-27-18)32-14-5-2-12(3-6-14)28-20(31)29-13-4-7-17(22)16(10-13)21(23,24)25/h3-16,21,26-27,37-38H,17-20H2,1-2H3,(H,35,41)(H,39,40);2-11H,1H3,(H,26,30)(H2,28,29,31)/t26-,27-;/m1./s1. The van der Waals surface area contributed by atoms with Crippen molar-refractivity contribution in [2.24, 2.45) is 0 Å². The predicted octanol–water partition coefficient (Wildman–Crippen LogP) is 11.9. The van der Waals surface area contributed by atoms with Crippen molar-refractivity contribution in [3.63, 3.8) is 0 Å². The van der Waals surface area contributed by atoms with Gasteiger partial charge in [-0.15, -0.1) is 0 Å². The Labute approximate surface area is 422 Å². The van der Waals surface area contributed by atoms with Gasteiger partial charge in [0.1, 0.15) is 23.0 Å². The first-order chi connectivity index (χ1) is 34.8. The number of carbonyl (C=O) groups is 4. The molecule has 0 fully saturated rings. The van der Waals surface area contributed by atoms with Crippen molar-refractivity contribution in [1.82, 2.24) is 14.9 Å². The number of para-hydroxylation sites is 1. The number of pyridine rings is 1. The quantitative estimate of drug-likeness (QED) is 0.0433. The lowest BCUT2D eigenvalue weighted by Crippen LogP contribution is -2.22. The molecule has 0 saturated heterocycles. The second kappa shape index (κ2) is 24.9. The third kappa shape index (κ3) is 15.0. The van der Waals surface area contributed by atoms with Crippen LogP contribution >= 0.6 is 11.6 Å². The summed E-state index contributed by atoms with van der Waals surface area (Å²) < 4.78 is 60.5. The van der Waals surface area contributed by atoms with Gasteiger partial charge in [-0.25, -0.2) is 9.18 Å². The van der Waals surface area contributed by atoms with Gasteiger partial charge in [-0.2, -0.15) is 13.2 Å². The summed E-state index contributed by atoms with van der Waals surface area (Å²) in [6.07, 6.45) is -5.72. The van der Waals surface area contributed by atoms with Crippen LogP contribution in [0, 0.1) is 5.82 Å². The number of alkyl halides is 3. The van der Waals surface area contributed by atoms with E-state index in [9.17, 15) is 47.0 Å². The fourth-order valence-electron chi connectivity index (χ4n) is 7.79. The summed E-state index contributed by atoms with van der Waals surface area (Å²) in [7, 11) is 1.49. The van der Waals surface area contributed by atoms with Crippen molar-refractivity contribution in [1.29, 1.82) is 0 Å². The third-order valence-electron chi connectivity index (χ3n) is 11.0. The molecule has 0 spiro atoms. The molecule has 2 aromatic heterocycles. The number of halogens is 5. The summed E-state index contributed by atoms with van der Waals surface area (Å²) in [6, 6.07) is 36.4. The Hall–Kier alpha value is -8.06. The maximum absolute atomic E-state index is 14.0. The Morgan fingerprint density at radius 3 is 1.96 bits per heavy atom. The number of rotatable bonds is 17. The smallest absolute Gasteiger partial charge is 0.417 e. The number of aliphatic hydroxyl groups is 2. The first-order valence-corrected chi connectivity index (χ1v) is 23.1. The highest BCUT2D eigenvalue weighted by Gasteiger charge is 2.34. The van der Waals surface area contributed by atoms with Crippen LogP contribution in [0.1, 0.15) is 71.1 Å². The van der Waals surface area contributed by atoms with Crippen molar-refractivity contribution in [2.45, 2.75) is 64.0 Å². The molecule has 14 nitrogen and oxygen atoms in total. The monoisotopic (exact) mass is 1020 g/mol. The van der Waals surface area contributed by atoms with Gasteiger partial charge in [0.2, 0.25) is 0 Å². The molecule has 0 aliphatic rings. The van der Waals surface area contributed by atoms with E-state index >= 15 is 0 Å². The summed E-state index contributed by atoms with van der Waals surface area (Å²) in [5.74, 6) is -1.47. The molecule has 0 aliphatic carbocycles. The molecular formula is C54H51ClF4N6O8. The van der Waals surface area contributed by atoms with Gasteiger partial charge in [-0.3, -0.25) is 19.4 Å². The van der Waals surface area contributed by atoms with E-state index in [1.807, 2.05) is 79.1 Å². The number of urea groups is 1. The number of hydrogen-bond donors (Lipinski definition) is 7. The van der Waals surface area contributed by atoms with Gasteiger partial charge >= 0.3 is 18.2 Å². The molecule has 7 rings (SSSR count). The number of carboxylic acids is 1. The minimum Gasteiger partial charge on any atom is -0.481 e. The Balaban J connectivity index is 0.000000246. The lowest BCUT2D eigenvalue weighted by atomic mass is 9.94. The minimum absolute atomic E-state index is 0.0659. The van der Waals surface area contributed by atoms with Crippen LogP contribution in [0.2, 0.25) is 5.02 Å². The van der Waals surface area contributed by atoms with Crippen molar-refractivity contribution in [2.75, 3.05) is 23.0 Å². The number of benzene rings is 5. The van der Waals surface area contributed by atoms with Gasteiger partial charge < -0.3 is 45.9 Å². The number of aromatic nitrogens is 2. The van der Waals surface area contributed by atoms with Gasteiger partial charge in [-0.1, -0.05) is 74.0 Å². The molecule has 0 bridgehead atoms. The van der Waals surface area contributed by atoms with Crippen LogP contribution < -0.4 is 26.0 Å². The number of ether oxygens (including phenoxy) is 1. The van der Waals surface area contributed by atoms with Crippen LogP contribution in [0.3, 0.4) is 0 Å². The summed E-state index contributed by atoms with van der Waals surface area (Å²) in [5, 5.41) is 39.6. The van der Waals surface area contributed by atoms with Gasteiger partial charge in [0.25, 0.3) is 11.8 Å². The average Bonchev–Trinajstić information content (AvgIpc) is 3.70. The van der Waals surface area contributed by atoms with Crippen LogP contribution in [-0.2, 0) is 17.5 Å². The Morgan fingerprint density at radius 1 is 0.726 bits per heavy atom. The van der Waals surface area contributed by atoms with E-state index in [0.717, 1.165) is 23.4 Å². The minimum atomic E-state index is -4.64. The predicted molar refractivity (Wildman–Crippen MR) is 270 cm³/mol. The number of carbonyl (C=O) groups excluding carboxylic acids is 3. The van der Waals surface area contributed by atoms with Gasteiger partial charge in [-0.05, 0) is 115 Å². The number of aliphatic hydroxyl groups excluding tert-OH is 2. The maximum Gasteiger partial charge on any atom is 0.417 e. The molecular weight excluding hydrogens is 972 g/mol. The summed E-state index contributed by atoms with van der Waals surface area (Å²) in [6.45, 7) is 4.25. The van der Waals surface area contributed by atoms with Crippen LogP contribution in [0.25, 0.3) is 22.4 Å². The molecule has 0 radical (unpaired) electrons. The first-order valence-electron chi connectivity index (χ1n) is 22.7. The number of amides is 4. The highest BCUT2D eigenvalue weighted by atomic mass is 35.5. The molecule has 4 amide bonds. The van der Waals surface area contributed by atoms with E-state index in [-0.39, 0.29) is 54.3 Å². The lowest BCUT2D eigenvalue weighted by molar-refractivity contribution is -0.139. The van der Waals surface area contributed by atoms with E-state index in [0.29, 0.717) is 45.3 Å². The SMILES string of the molecule is CC(C)c1c(C(=O)Nc2ccccc2)c(-c2ccccc2)c(-c2ccc(F)cc2)n1CC[C@@H](O)C[C@@H](O)CC(=O)O.CNC(=O)c1cc(Oc2ccc(NC(=O)Nc3ccc(Cl)c(C(F)(F)F)c3)cc2)ccn1. The normalized spacial score (nSPS) is 11.9. The molecule has 380 valence electrons. The summed E-state index contributed by atoms with van der Waals surface area (Å²) in [4.78, 5) is 52.7. The zero-order chi connectivity index (χ0) is 52.8. The van der Waals surface area contributed by atoms with Crippen molar-refractivity contribution >= 4 is 52.5 Å². The number of nitrogens with one attached hydrogen (secondary N) is 4. The van der Waals surface area contributed by atoms with E-state index in [1.165, 1.54) is 37.5 Å². The first kappa shape index (κ1) is 54.3. The second-order valence-electron chi connectivity index (χ2n) is 16.8. The zero-order valence-electron chi connectivity index (χ0n) is 39.6. The zero-order valence-corrected chi connectivity index (χ0v) is 40.3. The molecule has 19 heteroatoms. The van der Waals surface area contributed by atoms with Crippen LogP contribution in [-0.4, -0.2) is 67.9 Å². The van der Waals surface area contributed by atoms with E-state index in [2.05, 4.69) is 26.3 Å². The number of carboxylic acid groups (broad SMARTS) is 1. The lowest BCUT2D eigenvalue weighted by Gasteiger charge is -2.20. The highest BCUT2D eigenvalue weighted by molar-refractivity contribution is 6.31. The molecule has 7 aromatic rings. The molecule has 2 heterocycles. The van der Waals surface area contributed by atoms with Gasteiger partial charge in [0, 0.05) is 54.2 Å². The second-order valence-corrected chi connectivity index (χ2v) is 17.2. The average molecular weight is 1020 g/mol. The van der Waals surface area contributed by atoms with Crippen molar-refractivity contribution in [3.05, 3.63) is 179 Å². The molecule has 73 heavy (non-hydrogen) atoms. The maximum atomic E-state index is 14.0. The van der Waals surface area contributed by atoms with E-state index < -0.39 is 47.4 Å². The molecule has 0 saturated carbocycles. The molecule has 7 N–H and O–H groups in total. The van der Waals surface area contributed by atoms with Crippen LogP contribution in [0.5, 0.6) is 11.5 Å². The van der Waals surface area contributed by atoms with Gasteiger partial charge in [0.15, 0.2) is 0 Å². The largest absolute Gasteiger partial charge is 0.481 e. The van der Waals surface area contributed by atoms with Crippen LogP contribution in [0.15, 0.2) is 146 Å².